The van der Waals surface area contributed by atoms with Crippen LogP contribution < -0.4 is 15.4 Å². The lowest BCUT2D eigenvalue weighted by atomic mass is 10.0. The van der Waals surface area contributed by atoms with Crippen molar-refractivity contribution < 1.29 is 12.8 Å². The highest BCUT2D eigenvalue weighted by molar-refractivity contribution is 7.89. The highest BCUT2D eigenvalue weighted by Gasteiger charge is 2.16. The summed E-state index contributed by atoms with van der Waals surface area (Å²) in [6.07, 6.45) is 3.28. The number of hydrogen-bond donors (Lipinski definition) is 2. The maximum absolute atomic E-state index is 14.4. The van der Waals surface area contributed by atoms with Crippen LogP contribution >= 0.6 is 0 Å². The number of halogens is 1. The van der Waals surface area contributed by atoms with Gasteiger partial charge in [-0.25, -0.2) is 32.9 Å². The van der Waals surface area contributed by atoms with Crippen LogP contribution in [0, 0.1) is 5.82 Å². The summed E-state index contributed by atoms with van der Waals surface area (Å²) in [5.41, 5.74) is 2.50. The maximum Gasteiger partial charge on any atom is 0.238 e. The number of hydrogen-bond acceptors (Lipinski definition) is 8. The summed E-state index contributed by atoms with van der Waals surface area (Å²) in [5, 5.41) is 8.75. The molecule has 0 bridgehead atoms. The van der Waals surface area contributed by atoms with Gasteiger partial charge in [0.2, 0.25) is 16.0 Å². The molecule has 11 heteroatoms. The number of benzene rings is 2. The molecule has 3 heterocycles. The number of sulfonamides is 1. The van der Waals surface area contributed by atoms with Crippen molar-refractivity contribution in [3.8, 4) is 11.1 Å². The van der Waals surface area contributed by atoms with Gasteiger partial charge in [-0.1, -0.05) is 0 Å². The summed E-state index contributed by atoms with van der Waals surface area (Å²) in [6.45, 7) is 3.78. The molecule has 2 aromatic heterocycles. The summed E-state index contributed by atoms with van der Waals surface area (Å²) in [5.74, 6) is 0.789. The van der Waals surface area contributed by atoms with E-state index in [9.17, 15) is 12.8 Å². The van der Waals surface area contributed by atoms with Crippen molar-refractivity contribution in [1.29, 1.82) is 0 Å². The molecule has 0 aliphatic carbocycles. The molecular formula is C24H24FN7O2S. The highest BCUT2D eigenvalue weighted by Crippen LogP contribution is 2.30. The molecule has 0 amide bonds. The molecule has 1 saturated heterocycles. The topological polar surface area (TPSA) is 117 Å². The van der Waals surface area contributed by atoms with Gasteiger partial charge in [-0.2, -0.15) is 0 Å². The summed E-state index contributed by atoms with van der Waals surface area (Å²) in [7, 11) is -1.68. The molecule has 0 unspecified atom stereocenters. The second kappa shape index (κ2) is 9.17. The molecule has 0 saturated carbocycles. The first-order chi connectivity index (χ1) is 16.8. The number of likely N-dealkylation sites (N-methyl/N-ethyl adjacent to an activating group) is 1. The number of primary sulfonamides is 1. The fraction of sp³-hybridized carbons (Fsp3) is 0.208. The largest absolute Gasteiger partial charge is 0.354 e. The van der Waals surface area contributed by atoms with E-state index in [1.165, 1.54) is 24.3 Å². The van der Waals surface area contributed by atoms with E-state index in [1.54, 1.807) is 24.5 Å². The first kappa shape index (κ1) is 23.1. The smallest absolute Gasteiger partial charge is 0.238 e. The predicted octanol–water partition coefficient (Wildman–Crippen LogP) is 2.97. The molecular weight excluding hydrogens is 469 g/mol. The van der Waals surface area contributed by atoms with Gasteiger partial charge in [-0.05, 0) is 55.6 Å². The van der Waals surface area contributed by atoms with Crippen LogP contribution in [0.25, 0.3) is 22.0 Å². The van der Waals surface area contributed by atoms with Crippen LogP contribution in [0.4, 0.5) is 21.8 Å². The van der Waals surface area contributed by atoms with Crippen LogP contribution in [0.2, 0.25) is 0 Å². The van der Waals surface area contributed by atoms with Crippen molar-refractivity contribution in [3.63, 3.8) is 0 Å². The SMILES string of the molecule is CN1CCN(c2ccc(-c3cc(F)cc4cnc(Nc5ccc(S(N)(=O)=O)cc5)nc34)cn2)CC1. The van der Waals surface area contributed by atoms with Crippen LogP contribution in [0.5, 0.6) is 0 Å². The Morgan fingerprint density at radius 2 is 1.71 bits per heavy atom. The molecule has 35 heavy (non-hydrogen) atoms. The average molecular weight is 494 g/mol. The first-order valence-electron chi connectivity index (χ1n) is 11.0. The van der Waals surface area contributed by atoms with Crippen molar-refractivity contribution in [2.75, 3.05) is 43.4 Å². The van der Waals surface area contributed by atoms with Gasteiger partial charge in [-0.3, -0.25) is 0 Å². The van der Waals surface area contributed by atoms with E-state index in [0.29, 0.717) is 22.2 Å². The minimum Gasteiger partial charge on any atom is -0.354 e. The van der Waals surface area contributed by atoms with E-state index in [1.807, 2.05) is 12.1 Å². The Morgan fingerprint density at radius 1 is 0.971 bits per heavy atom. The zero-order valence-electron chi connectivity index (χ0n) is 19.0. The maximum atomic E-state index is 14.4. The molecule has 0 radical (unpaired) electrons. The van der Waals surface area contributed by atoms with Crippen LogP contribution in [0.15, 0.2) is 65.8 Å². The minimum absolute atomic E-state index is 0.00719. The molecule has 0 atom stereocenters. The number of pyridine rings is 1. The number of anilines is 3. The van der Waals surface area contributed by atoms with E-state index < -0.39 is 15.8 Å². The Balaban J connectivity index is 1.45. The van der Waals surface area contributed by atoms with E-state index in [2.05, 4.69) is 37.1 Å². The molecule has 1 fully saturated rings. The third-order valence-electron chi connectivity index (χ3n) is 5.97. The molecule has 3 N–H and O–H groups in total. The van der Waals surface area contributed by atoms with Gasteiger partial charge >= 0.3 is 0 Å². The molecule has 4 aromatic rings. The summed E-state index contributed by atoms with van der Waals surface area (Å²) >= 11 is 0. The Kier molecular flexibility index (Phi) is 6.05. The normalized spacial score (nSPS) is 14.9. The molecule has 2 aromatic carbocycles. The van der Waals surface area contributed by atoms with Gasteiger partial charge in [0.25, 0.3) is 0 Å². The second-order valence-corrected chi connectivity index (χ2v) is 10.0. The fourth-order valence-corrected chi connectivity index (χ4v) is 4.53. The Morgan fingerprint density at radius 3 is 2.37 bits per heavy atom. The summed E-state index contributed by atoms with van der Waals surface area (Å²) in [6, 6.07) is 12.6. The van der Waals surface area contributed by atoms with Gasteiger partial charge in [0.1, 0.15) is 11.6 Å². The van der Waals surface area contributed by atoms with Crippen molar-refractivity contribution >= 4 is 38.4 Å². The predicted molar refractivity (Wildman–Crippen MR) is 134 cm³/mol. The van der Waals surface area contributed by atoms with E-state index in [4.69, 9.17) is 5.14 Å². The van der Waals surface area contributed by atoms with Gasteiger partial charge in [0, 0.05) is 60.8 Å². The van der Waals surface area contributed by atoms with Crippen LogP contribution in [0.1, 0.15) is 0 Å². The molecule has 5 rings (SSSR count). The van der Waals surface area contributed by atoms with Crippen molar-refractivity contribution in [2.24, 2.45) is 5.14 Å². The quantitative estimate of drug-likeness (QED) is 0.436. The van der Waals surface area contributed by atoms with Crippen molar-refractivity contribution in [1.82, 2.24) is 19.9 Å². The lowest BCUT2D eigenvalue weighted by Gasteiger charge is -2.33. The Hall–Kier alpha value is -3.67. The van der Waals surface area contributed by atoms with Gasteiger partial charge in [0.15, 0.2) is 0 Å². The fourth-order valence-electron chi connectivity index (χ4n) is 4.01. The molecule has 1 aliphatic heterocycles. The average Bonchev–Trinajstić information content (AvgIpc) is 2.84. The van der Waals surface area contributed by atoms with Crippen molar-refractivity contribution in [3.05, 3.63) is 66.7 Å². The number of rotatable bonds is 5. The Labute approximate surface area is 202 Å². The summed E-state index contributed by atoms with van der Waals surface area (Å²) < 4.78 is 37.3. The minimum atomic E-state index is -3.78. The molecule has 0 spiro atoms. The number of nitrogens with one attached hydrogen (secondary N) is 1. The van der Waals surface area contributed by atoms with Crippen LogP contribution in [-0.4, -0.2) is 61.5 Å². The monoisotopic (exact) mass is 493 g/mol. The van der Waals surface area contributed by atoms with Gasteiger partial charge < -0.3 is 15.1 Å². The third kappa shape index (κ3) is 5.06. The lowest BCUT2D eigenvalue weighted by Crippen LogP contribution is -2.44. The zero-order chi connectivity index (χ0) is 24.6. The Bertz CT molecular complexity index is 1470. The van der Waals surface area contributed by atoms with E-state index in [-0.39, 0.29) is 10.8 Å². The molecule has 1 aliphatic rings. The second-order valence-electron chi connectivity index (χ2n) is 8.47. The van der Waals surface area contributed by atoms with Gasteiger partial charge in [-0.15, -0.1) is 0 Å². The number of nitrogens with two attached hydrogens (primary N) is 1. The lowest BCUT2D eigenvalue weighted by molar-refractivity contribution is 0.312. The van der Waals surface area contributed by atoms with Crippen LogP contribution in [-0.2, 0) is 10.0 Å². The molecule has 9 nitrogen and oxygen atoms in total. The van der Waals surface area contributed by atoms with Gasteiger partial charge in [0.05, 0.1) is 10.4 Å². The van der Waals surface area contributed by atoms with E-state index >= 15 is 0 Å². The zero-order valence-corrected chi connectivity index (χ0v) is 19.8. The number of piperazine rings is 1. The number of aromatic nitrogens is 3. The molecule has 180 valence electrons. The third-order valence-corrected chi connectivity index (χ3v) is 6.90. The first-order valence-corrected chi connectivity index (χ1v) is 12.6. The number of fused-ring (bicyclic) bond motifs is 1. The van der Waals surface area contributed by atoms with E-state index in [0.717, 1.165) is 37.6 Å². The summed E-state index contributed by atoms with van der Waals surface area (Å²) in [4.78, 5) is 18.0. The van der Waals surface area contributed by atoms with Crippen LogP contribution in [0.3, 0.4) is 0 Å². The standard InChI is InChI=1S/C24H24FN7O2S/c1-31-8-10-32(11-9-31)22-7-2-16(14-27-22)21-13-18(25)12-17-15-28-24(30-23(17)21)29-19-3-5-20(6-4-19)35(26,33)34/h2-7,12-15H,8-11H2,1H3,(H2,26,33,34)(H,28,29,30). The highest BCUT2D eigenvalue weighted by atomic mass is 32.2. The number of nitrogens with zero attached hydrogens (tertiary/aromatic N) is 5. The van der Waals surface area contributed by atoms with Crippen molar-refractivity contribution in [2.45, 2.75) is 4.90 Å².